The molecule has 0 aliphatic carbocycles. The van der Waals surface area contributed by atoms with Gasteiger partial charge in [0.1, 0.15) is 12.4 Å². The number of benzene rings is 2. The van der Waals surface area contributed by atoms with Crippen molar-refractivity contribution < 1.29 is 19.1 Å². The second-order valence-corrected chi connectivity index (χ2v) is 7.62. The molecule has 152 valence electrons. The normalized spacial score (nSPS) is 19.5. The van der Waals surface area contributed by atoms with E-state index < -0.39 is 0 Å². The predicted octanol–water partition coefficient (Wildman–Crippen LogP) is 3.13. The molecule has 0 bridgehead atoms. The SMILES string of the molecule is O=C([C@H]1CC(=O)N(c2ccc(OCc3ccccc3Cl)cc2)C1)N1CCOCC1. The first kappa shape index (κ1) is 19.7. The van der Waals surface area contributed by atoms with Crippen molar-refractivity contribution in [2.45, 2.75) is 13.0 Å². The van der Waals surface area contributed by atoms with Gasteiger partial charge in [0.15, 0.2) is 0 Å². The standard InChI is InChI=1S/C22H23ClN2O4/c23-20-4-2-1-3-16(20)15-29-19-7-5-18(6-8-19)25-14-17(13-21(25)26)22(27)24-9-11-28-12-10-24/h1-8,17H,9-15H2/t17-/m0/s1. The topological polar surface area (TPSA) is 59.1 Å². The Kier molecular flexibility index (Phi) is 6.02. The Morgan fingerprint density at radius 1 is 1.10 bits per heavy atom. The minimum absolute atomic E-state index is 0.0265. The van der Waals surface area contributed by atoms with Crippen molar-refractivity contribution in [2.24, 2.45) is 5.92 Å². The Morgan fingerprint density at radius 2 is 1.83 bits per heavy atom. The summed E-state index contributed by atoms with van der Waals surface area (Å²) in [5.41, 5.74) is 1.69. The molecule has 0 saturated carbocycles. The number of hydrogen-bond donors (Lipinski definition) is 0. The van der Waals surface area contributed by atoms with Gasteiger partial charge in [0, 0.05) is 42.3 Å². The highest BCUT2D eigenvalue weighted by Gasteiger charge is 2.37. The van der Waals surface area contributed by atoms with Crippen LogP contribution in [-0.4, -0.2) is 49.6 Å². The van der Waals surface area contributed by atoms with Crippen LogP contribution >= 0.6 is 11.6 Å². The van der Waals surface area contributed by atoms with Crippen LogP contribution in [0.4, 0.5) is 5.69 Å². The van der Waals surface area contributed by atoms with Crippen LogP contribution in [0, 0.1) is 5.92 Å². The fourth-order valence-electron chi connectivity index (χ4n) is 3.66. The lowest BCUT2D eigenvalue weighted by Crippen LogP contribution is -2.44. The van der Waals surface area contributed by atoms with Crippen molar-refractivity contribution in [3.8, 4) is 5.75 Å². The van der Waals surface area contributed by atoms with Crippen molar-refractivity contribution >= 4 is 29.1 Å². The largest absolute Gasteiger partial charge is 0.489 e. The summed E-state index contributed by atoms with van der Waals surface area (Å²) in [6.45, 7) is 3.10. The highest BCUT2D eigenvalue weighted by Crippen LogP contribution is 2.28. The molecule has 1 atom stereocenters. The maximum Gasteiger partial charge on any atom is 0.228 e. The minimum atomic E-state index is -0.295. The van der Waals surface area contributed by atoms with Gasteiger partial charge in [-0.25, -0.2) is 0 Å². The van der Waals surface area contributed by atoms with Gasteiger partial charge in [-0.05, 0) is 30.3 Å². The Bertz CT molecular complexity index is 881. The molecule has 2 aliphatic rings. The number of amides is 2. The summed E-state index contributed by atoms with van der Waals surface area (Å²) in [5.74, 6) is 0.420. The molecule has 29 heavy (non-hydrogen) atoms. The summed E-state index contributed by atoms with van der Waals surface area (Å²) in [6.07, 6.45) is 0.251. The van der Waals surface area contributed by atoms with E-state index in [1.54, 1.807) is 9.80 Å². The van der Waals surface area contributed by atoms with Gasteiger partial charge in [0.25, 0.3) is 0 Å². The van der Waals surface area contributed by atoms with Crippen molar-refractivity contribution in [3.05, 3.63) is 59.1 Å². The van der Waals surface area contributed by atoms with Crippen LogP contribution in [-0.2, 0) is 20.9 Å². The zero-order chi connectivity index (χ0) is 20.2. The molecule has 2 saturated heterocycles. The lowest BCUT2D eigenvalue weighted by Gasteiger charge is -2.29. The first-order valence-corrected chi connectivity index (χ1v) is 10.1. The van der Waals surface area contributed by atoms with E-state index in [1.165, 1.54) is 0 Å². The third-order valence-electron chi connectivity index (χ3n) is 5.30. The predicted molar refractivity (Wildman–Crippen MR) is 110 cm³/mol. The highest BCUT2D eigenvalue weighted by atomic mass is 35.5. The van der Waals surface area contributed by atoms with E-state index in [4.69, 9.17) is 21.1 Å². The molecule has 2 aromatic rings. The zero-order valence-corrected chi connectivity index (χ0v) is 16.8. The summed E-state index contributed by atoms with van der Waals surface area (Å²) in [7, 11) is 0. The van der Waals surface area contributed by atoms with E-state index in [0.29, 0.717) is 50.2 Å². The summed E-state index contributed by atoms with van der Waals surface area (Å²) in [4.78, 5) is 28.7. The molecule has 4 rings (SSSR count). The second-order valence-electron chi connectivity index (χ2n) is 7.22. The van der Waals surface area contributed by atoms with Crippen LogP contribution in [0.25, 0.3) is 0 Å². The summed E-state index contributed by atoms with van der Waals surface area (Å²) >= 11 is 6.15. The van der Waals surface area contributed by atoms with Gasteiger partial charge < -0.3 is 19.3 Å². The molecule has 2 heterocycles. The number of carbonyl (C=O) groups excluding carboxylic acids is 2. The van der Waals surface area contributed by atoms with Crippen LogP contribution < -0.4 is 9.64 Å². The van der Waals surface area contributed by atoms with Gasteiger partial charge in [0.05, 0.1) is 19.1 Å². The smallest absolute Gasteiger partial charge is 0.228 e. The highest BCUT2D eigenvalue weighted by molar-refractivity contribution is 6.31. The lowest BCUT2D eigenvalue weighted by molar-refractivity contribution is -0.139. The van der Waals surface area contributed by atoms with Gasteiger partial charge >= 0.3 is 0 Å². The number of ether oxygens (including phenoxy) is 2. The molecule has 2 amide bonds. The molecule has 7 heteroatoms. The molecule has 0 unspecified atom stereocenters. The molecule has 6 nitrogen and oxygen atoms in total. The Hall–Kier alpha value is -2.57. The van der Waals surface area contributed by atoms with Crippen LogP contribution in [0.15, 0.2) is 48.5 Å². The first-order valence-electron chi connectivity index (χ1n) is 9.75. The van der Waals surface area contributed by atoms with Crippen LogP contribution in [0.2, 0.25) is 5.02 Å². The molecular weight excluding hydrogens is 392 g/mol. The number of halogens is 1. The molecule has 0 N–H and O–H groups in total. The number of carbonyl (C=O) groups is 2. The third kappa shape index (κ3) is 4.54. The van der Waals surface area contributed by atoms with Gasteiger partial charge in [-0.3, -0.25) is 9.59 Å². The molecule has 0 aromatic heterocycles. The van der Waals surface area contributed by atoms with Crippen molar-refractivity contribution in [3.63, 3.8) is 0 Å². The Balaban J connectivity index is 1.36. The van der Waals surface area contributed by atoms with E-state index in [-0.39, 0.29) is 24.2 Å². The number of hydrogen-bond acceptors (Lipinski definition) is 4. The maximum absolute atomic E-state index is 12.7. The summed E-state index contributed by atoms with van der Waals surface area (Å²) < 4.78 is 11.1. The summed E-state index contributed by atoms with van der Waals surface area (Å²) in [5, 5.41) is 0.669. The minimum Gasteiger partial charge on any atom is -0.489 e. The van der Waals surface area contributed by atoms with E-state index in [1.807, 2.05) is 48.5 Å². The maximum atomic E-state index is 12.7. The molecule has 2 aliphatic heterocycles. The van der Waals surface area contributed by atoms with Gasteiger partial charge in [-0.1, -0.05) is 29.8 Å². The Morgan fingerprint density at radius 3 is 2.55 bits per heavy atom. The van der Waals surface area contributed by atoms with Crippen LogP contribution in [0.3, 0.4) is 0 Å². The monoisotopic (exact) mass is 414 g/mol. The zero-order valence-electron chi connectivity index (χ0n) is 16.1. The van der Waals surface area contributed by atoms with Gasteiger partial charge in [-0.15, -0.1) is 0 Å². The number of nitrogens with zero attached hydrogens (tertiary/aromatic N) is 2. The second kappa shape index (κ2) is 8.84. The van der Waals surface area contributed by atoms with Gasteiger partial charge in [0.2, 0.25) is 11.8 Å². The first-order chi connectivity index (χ1) is 14.1. The van der Waals surface area contributed by atoms with Crippen LogP contribution in [0.1, 0.15) is 12.0 Å². The molecule has 2 fully saturated rings. The van der Waals surface area contributed by atoms with E-state index in [2.05, 4.69) is 0 Å². The van der Waals surface area contributed by atoms with E-state index in [9.17, 15) is 9.59 Å². The molecule has 0 radical (unpaired) electrons. The van der Waals surface area contributed by atoms with Crippen molar-refractivity contribution in [1.82, 2.24) is 4.90 Å². The van der Waals surface area contributed by atoms with E-state index in [0.717, 1.165) is 11.3 Å². The van der Waals surface area contributed by atoms with Gasteiger partial charge in [-0.2, -0.15) is 0 Å². The molecule has 2 aromatic carbocycles. The van der Waals surface area contributed by atoms with Crippen molar-refractivity contribution in [2.75, 3.05) is 37.7 Å². The Labute approximate surface area is 174 Å². The van der Waals surface area contributed by atoms with Crippen molar-refractivity contribution in [1.29, 1.82) is 0 Å². The third-order valence-corrected chi connectivity index (χ3v) is 5.67. The average molecular weight is 415 g/mol. The fraction of sp³-hybridized carbons (Fsp3) is 0.364. The lowest BCUT2D eigenvalue weighted by atomic mass is 10.1. The average Bonchev–Trinajstić information content (AvgIpc) is 3.15. The molecule has 0 spiro atoms. The quantitative estimate of drug-likeness (QED) is 0.754. The van der Waals surface area contributed by atoms with E-state index >= 15 is 0 Å². The number of anilines is 1. The van der Waals surface area contributed by atoms with Crippen LogP contribution in [0.5, 0.6) is 5.75 Å². The number of morpholine rings is 1. The fourth-order valence-corrected chi connectivity index (χ4v) is 3.85. The number of rotatable bonds is 5. The molecular formula is C22H23ClN2O4. The summed E-state index contributed by atoms with van der Waals surface area (Å²) in [6, 6.07) is 14.9.